The van der Waals surface area contributed by atoms with Crippen LogP contribution in [0.3, 0.4) is 0 Å². The van der Waals surface area contributed by atoms with Crippen LogP contribution in [0, 0.1) is 0 Å². The van der Waals surface area contributed by atoms with Gasteiger partial charge in [0.2, 0.25) is 0 Å². The first-order chi connectivity index (χ1) is 13.2. The van der Waals surface area contributed by atoms with Crippen LogP contribution in [0.25, 0.3) is 0 Å². The fourth-order valence-electron chi connectivity index (χ4n) is 3.47. The summed E-state index contributed by atoms with van der Waals surface area (Å²) in [6.07, 6.45) is 7.69. The van der Waals surface area contributed by atoms with Crippen molar-refractivity contribution in [1.29, 1.82) is 0 Å². The van der Waals surface area contributed by atoms with Gasteiger partial charge in [-0.2, -0.15) is 5.10 Å². The lowest BCUT2D eigenvalue weighted by molar-refractivity contribution is 0.0946. The molecule has 0 saturated heterocycles. The Hall–Kier alpha value is -2.18. The number of rotatable bonds is 7. The van der Waals surface area contributed by atoms with E-state index in [1.807, 2.05) is 30.3 Å². The number of aromatic nitrogens is 2. The molecule has 0 unspecified atom stereocenters. The Labute approximate surface area is 172 Å². The molecular formula is C21H29ClN4O2. The third-order valence-electron chi connectivity index (χ3n) is 4.97. The highest BCUT2D eigenvalue weighted by molar-refractivity contribution is 5.91. The van der Waals surface area contributed by atoms with Crippen molar-refractivity contribution in [3.05, 3.63) is 64.1 Å². The van der Waals surface area contributed by atoms with E-state index >= 15 is 0 Å². The molecule has 0 aliphatic heterocycles. The largest absolute Gasteiger partial charge is 0.349 e. The van der Waals surface area contributed by atoms with Crippen LogP contribution in [-0.4, -0.2) is 34.8 Å². The van der Waals surface area contributed by atoms with Crippen LogP contribution in [0.15, 0.2) is 47.3 Å². The molecule has 1 fully saturated rings. The van der Waals surface area contributed by atoms with Crippen LogP contribution in [0.4, 0.5) is 0 Å². The Kier molecular flexibility index (Phi) is 9.17. The van der Waals surface area contributed by atoms with E-state index in [0.717, 1.165) is 12.1 Å². The van der Waals surface area contributed by atoms with Crippen molar-refractivity contribution < 1.29 is 4.79 Å². The zero-order valence-electron chi connectivity index (χ0n) is 16.1. The van der Waals surface area contributed by atoms with Crippen LogP contribution in [0.1, 0.15) is 54.6 Å². The zero-order chi connectivity index (χ0) is 18.9. The summed E-state index contributed by atoms with van der Waals surface area (Å²) in [7, 11) is 0. The number of nitrogens with zero attached hydrogens (tertiary/aromatic N) is 2. The minimum absolute atomic E-state index is 0. The maximum absolute atomic E-state index is 12.3. The normalized spacial score (nSPS) is 14.7. The monoisotopic (exact) mass is 404 g/mol. The molecule has 1 aromatic heterocycles. The number of amides is 1. The number of benzene rings is 1. The van der Waals surface area contributed by atoms with Gasteiger partial charge in [-0.3, -0.25) is 9.59 Å². The summed E-state index contributed by atoms with van der Waals surface area (Å²) < 4.78 is 1.33. The maximum atomic E-state index is 12.3. The minimum atomic E-state index is -0.250. The van der Waals surface area contributed by atoms with E-state index in [0.29, 0.717) is 19.1 Å². The topological polar surface area (TPSA) is 76.0 Å². The van der Waals surface area contributed by atoms with Crippen LogP contribution < -0.4 is 16.2 Å². The lowest BCUT2D eigenvalue weighted by Gasteiger charge is -2.16. The van der Waals surface area contributed by atoms with E-state index in [1.54, 1.807) is 0 Å². The van der Waals surface area contributed by atoms with E-state index in [2.05, 4.69) is 15.7 Å². The average molecular weight is 405 g/mol. The molecule has 152 valence electrons. The highest BCUT2D eigenvalue weighted by atomic mass is 35.5. The Morgan fingerprint density at radius 1 is 1.00 bits per heavy atom. The van der Waals surface area contributed by atoms with Crippen molar-refractivity contribution in [2.24, 2.45) is 0 Å². The van der Waals surface area contributed by atoms with Gasteiger partial charge in [-0.1, -0.05) is 56.0 Å². The predicted octanol–water partition coefficient (Wildman–Crippen LogP) is 2.76. The van der Waals surface area contributed by atoms with Gasteiger partial charge in [0.25, 0.3) is 11.5 Å². The van der Waals surface area contributed by atoms with Crippen LogP contribution in [0.2, 0.25) is 0 Å². The van der Waals surface area contributed by atoms with E-state index in [9.17, 15) is 9.59 Å². The van der Waals surface area contributed by atoms with Gasteiger partial charge in [-0.05, 0) is 24.5 Å². The number of hydrogen-bond donors (Lipinski definition) is 2. The minimum Gasteiger partial charge on any atom is -0.349 e. The Bertz CT molecular complexity index is 786. The highest BCUT2D eigenvalue weighted by Gasteiger charge is 2.12. The zero-order valence-corrected chi connectivity index (χ0v) is 16.9. The van der Waals surface area contributed by atoms with Gasteiger partial charge >= 0.3 is 0 Å². The predicted molar refractivity (Wildman–Crippen MR) is 113 cm³/mol. The summed E-state index contributed by atoms with van der Waals surface area (Å²) in [5.74, 6) is -0.250. The molecule has 0 atom stereocenters. The lowest BCUT2D eigenvalue weighted by atomic mass is 10.1. The molecule has 1 saturated carbocycles. The van der Waals surface area contributed by atoms with Gasteiger partial charge in [-0.15, -0.1) is 12.4 Å². The molecule has 0 bridgehead atoms. The number of hydrogen-bond acceptors (Lipinski definition) is 4. The molecule has 3 rings (SSSR count). The fraction of sp³-hybridized carbons (Fsp3) is 0.476. The summed E-state index contributed by atoms with van der Waals surface area (Å²) >= 11 is 0. The van der Waals surface area contributed by atoms with Crippen molar-refractivity contribution >= 4 is 18.3 Å². The number of halogens is 1. The second-order valence-corrected chi connectivity index (χ2v) is 7.10. The van der Waals surface area contributed by atoms with Crippen LogP contribution in [-0.2, 0) is 6.54 Å². The number of nitrogens with one attached hydrogen (secondary N) is 2. The van der Waals surface area contributed by atoms with Gasteiger partial charge in [-0.25, -0.2) is 4.68 Å². The van der Waals surface area contributed by atoms with Gasteiger partial charge in [0, 0.05) is 25.2 Å². The Morgan fingerprint density at radius 3 is 2.43 bits per heavy atom. The molecule has 1 amide bonds. The van der Waals surface area contributed by atoms with Crippen LogP contribution in [0.5, 0.6) is 0 Å². The highest BCUT2D eigenvalue weighted by Crippen LogP contribution is 2.16. The van der Waals surface area contributed by atoms with Gasteiger partial charge < -0.3 is 10.6 Å². The molecule has 1 heterocycles. The molecule has 2 N–H and O–H groups in total. The van der Waals surface area contributed by atoms with Crippen molar-refractivity contribution in [2.45, 2.75) is 51.1 Å². The maximum Gasteiger partial charge on any atom is 0.271 e. The first-order valence-electron chi connectivity index (χ1n) is 9.86. The molecule has 6 nitrogen and oxygen atoms in total. The summed E-state index contributed by atoms with van der Waals surface area (Å²) in [5.41, 5.74) is 1.02. The average Bonchev–Trinajstić information content (AvgIpc) is 2.96. The SMILES string of the molecule is Cl.O=C(NCCNC1CCCCCC1)c1ccc(=O)n(Cc2ccccc2)n1. The Balaban J connectivity index is 0.00000280. The second-order valence-electron chi connectivity index (χ2n) is 7.10. The van der Waals surface area contributed by atoms with Crippen molar-refractivity contribution in [1.82, 2.24) is 20.4 Å². The van der Waals surface area contributed by atoms with Gasteiger partial charge in [0.1, 0.15) is 5.69 Å². The molecule has 0 radical (unpaired) electrons. The van der Waals surface area contributed by atoms with Crippen molar-refractivity contribution in [2.75, 3.05) is 13.1 Å². The lowest BCUT2D eigenvalue weighted by Crippen LogP contribution is -2.37. The quantitative estimate of drug-likeness (QED) is 0.549. The molecule has 1 aliphatic rings. The standard InChI is InChI=1S/C21H28N4O2.ClH/c26-20-13-12-19(24-25(20)16-17-8-4-3-5-9-17)21(27)23-15-14-22-18-10-6-1-2-7-11-18;/h3-5,8-9,12-13,18,22H,1-2,6-7,10-11,14-16H2,(H,23,27);1H. The first kappa shape index (κ1) is 22.1. The summed E-state index contributed by atoms with van der Waals surface area (Å²) in [6.45, 7) is 1.65. The van der Waals surface area contributed by atoms with Gasteiger partial charge in [0.15, 0.2) is 0 Å². The Morgan fingerprint density at radius 2 is 1.71 bits per heavy atom. The summed E-state index contributed by atoms with van der Waals surface area (Å²) in [5, 5.41) is 10.6. The molecule has 1 aromatic carbocycles. The van der Waals surface area contributed by atoms with E-state index in [4.69, 9.17) is 0 Å². The molecule has 28 heavy (non-hydrogen) atoms. The summed E-state index contributed by atoms with van der Waals surface area (Å²) in [4.78, 5) is 24.4. The van der Waals surface area contributed by atoms with Crippen molar-refractivity contribution in [3.8, 4) is 0 Å². The van der Waals surface area contributed by atoms with Gasteiger partial charge in [0.05, 0.1) is 6.54 Å². The first-order valence-corrected chi connectivity index (χ1v) is 9.86. The van der Waals surface area contributed by atoms with Crippen LogP contribution >= 0.6 is 12.4 Å². The molecule has 2 aromatic rings. The summed E-state index contributed by atoms with van der Waals surface area (Å²) in [6, 6.07) is 13.1. The van der Waals surface area contributed by atoms with E-state index in [1.165, 1.54) is 55.3 Å². The fourth-order valence-corrected chi connectivity index (χ4v) is 3.47. The molecule has 0 spiro atoms. The molecule has 1 aliphatic carbocycles. The van der Waals surface area contributed by atoms with E-state index in [-0.39, 0.29) is 29.6 Å². The molecule has 7 heteroatoms. The third-order valence-corrected chi connectivity index (χ3v) is 4.97. The second kappa shape index (κ2) is 11.6. The smallest absolute Gasteiger partial charge is 0.271 e. The molecular weight excluding hydrogens is 376 g/mol. The third kappa shape index (κ3) is 6.77. The number of carbonyl (C=O) groups excluding carboxylic acids is 1. The van der Waals surface area contributed by atoms with E-state index < -0.39 is 0 Å². The number of carbonyl (C=O) groups is 1. The van der Waals surface area contributed by atoms with Crippen molar-refractivity contribution in [3.63, 3.8) is 0 Å².